The van der Waals surface area contributed by atoms with Gasteiger partial charge in [0.05, 0.1) is 0 Å². The smallest absolute Gasteiger partial charge is 0.279 e. The monoisotopic (exact) mass is 424 g/mol. The Morgan fingerprint density at radius 2 is 1.29 bits per heavy atom. The Hall–Kier alpha value is -2.70. The van der Waals surface area contributed by atoms with E-state index in [0.29, 0.717) is 19.0 Å². The molecule has 0 unspecified atom stereocenters. The molecule has 0 bridgehead atoms. The first-order chi connectivity index (χ1) is 14.8. The summed E-state index contributed by atoms with van der Waals surface area (Å²) in [6, 6.07) is 14.1. The molecular weight excluding hydrogens is 388 g/mol. The van der Waals surface area contributed by atoms with E-state index in [1.54, 1.807) is 0 Å². The molecule has 1 aliphatic heterocycles. The summed E-state index contributed by atoms with van der Waals surface area (Å²) in [6.07, 6.45) is 0. The van der Waals surface area contributed by atoms with Gasteiger partial charge in [-0.25, -0.2) is 0 Å². The van der Waals surface area contributed by atoms with Gasteiger partial charge in [0.25, 0.3) is 11.8 Å². The lowest BCUT2D eigenvalue weighted by Gasteiger charge is -2.29. The molecule has 166 valence electrons. The van der Waals surface area contributed by atoms with Gasteiger partial charge < -0.3 is 20.4 Å². The Morgan fingerprint density at radius 1 is 0.806 bits per heavy atom. The van der Waals surface area contributed by atoms with Crippen molar-refractivity contribution in [3.8, 4) is 0 Å². The highest BCUT2D eigenvalue weighted by molar-refractivity contribution is 5.93. The number of carbonyl (C=O) groups excluding carboxylic acids is 2. The molecule has 0 atom stereocenters. The summed E-state index contributed by atoms with van der Waals surface area (Å²) >= 11 is 0. The molecule has 1 saturated heterocycles. The second-order valence-corrected chi connectivity index (χ2v) is 8.99. The molecule has 0 radical (unpaired) electrons. The number of nitrogens with one attached hydrogen (secondary N) is 4. The SMILES string of the molecule is Cc1cccc(C)c1NC(=O)C[NH+]1CC[NH+](CC(=O)Nc2ccc(C(C)C)cc2)CC1. The van der Waals surface area contributed by atoms with E-state index >= 15 is 0 Å². The van der Waals surface area contributed by atoms with Gasteiger partial charge in [-0.3, -0.25) is 9.59 Å². The molecule has 6 heteroatoms. The molecule has 2 amide bonds. The van der Waals surface area contributed by atoms with Gasteiger partial charge in [0.15, 0.2) is 13.1 Å². The Bertz CT molecular complexity index is 880. The zero-order chi connectivity index (χ0) is 22.4. The molecule has 6 nitrogen and oxygen atoms in total. The van der Waals surface area contributed by atoms with E-state index in [0.717, 1.165) is 48.7 Å². The number of amides is 2. The summed E-state index contributed by atoms with van der Waals surface area (Å²) in [6.45, 7) is 12.9. The molecule has 1 fully saturated rings. The van der Waals surface area contributed by atoms with Crippen LogP contribution in [0.15, 0.2) is 42.5 Å². The van der Waals surface area contributed by atoms with Crippen molar-refractivity contribution < 1.29 is 19.4 Å². The predicted molar refractivity (Wildman–Crippen MR) is 125 cm³/mol. The summed E-state index contributed by atoms with van der Waals surface area (Å²) in [4.78, 5) is 27.5. The maximum absolute atomic E-state index is 12.5. The molecule has 2 aromatic rings. The van der Waals surface area contributed by atoms with Crippen LogP contribution in [0.2, 0.25) is 0 Å². The normalized spacial score (nSPS) is 18.6. The Morgan fingerprint density at radius 3 is 1.77 bits per heavy atom. The molecule has 1 heterocycles. The van der Waals surface area contributed by atoms with Crippen LogP contribution in [0.1, 0.15) is 36.5 Å². The first-order valence-corrected chi connectivity index (χ1v) is 11.2. The zero-order valence-electron chi connectivity index (χ0n) is 19.2. The molecule has 0 saturated carbocycles. The van der Waals surface area contributed by atoms with E-state index in [9.17, 15) is 9.59 Å². The molecule has 4 N–H and O–H groups in total. The fourth-order valence-corrected chi connectivity index (χ4v) is 4.12. The number of benzene rings is 2. The van der Waals surface area contributed by atoms with Crippen LogP contribution in [0.4, 0.5) is 11.4 Å². The van der Waals surface area contributed by atoms with Gasteiger partial charge in [0, 0.05) is 11.4 Å². The fraction of sp³-hybridized carbons (Fsp3) is 0.440. The van der Waals surface area contributed by atoms with Crippen LogP contribution < -0.4 is 20.4 Å². The summed E-state index contributed by atoms with van der Waals surface area (Å²) in [7, 11) is 0. The number of para-hydroxylation sites is 1. The third-order valence-electron chi connectivity index (χ3n) is 6.09. The minimum Gasteiger partial charge on any atom is -0.321 e. The summed E-state index contributed by atoms with van der Waals surface area (Å²) in [5, 5.41) is 6.08. The number of quaternary nitrogens is 2. The Labute approximate surface area is 185 Å². The fourth-order valence-electron chi connectivity index (χ4n) is 4.12. The molecule has 31 heavy (non-hydrogen) atoms. The van der Waals surface area contributed by atoms with Gasteiger partial charge in [-0.2, -0.15) is 0 Å². The van der Waals surface area contributed by atoms with Crippen molar-refractivity contribution in [3.05, 3.63) is 59.2 Å². The van der Waals surface area contributed by atoms with Gasteiger partial charge in [-0.05, 0) is 48.6 Å². The van der Waals surface area contributed by atoms with Crippen LogP contribution in [0.25, 0.3) is 0 Å². The maximum Gasteiger partial charge on any atom is 0.279 e. The van der Waals surface area contributed by atoms with E-state index in [-0.39, 0.29) is 11.8 Å². The van der Waals surface area contributed by atoms with Crippen LogP contribution in [0, 0.1) is 13.8 Å². The number of aryl methyl sites for hydroxylation is 2. The van der Waals surface area contributed by atoms with Crippen LogP contribution in [-0.2, 0) is 9.59 Å². The van der Waals surface area contributed by atoms with Crippen LogP contribution in [0.3, 0.4) is 0 Å². The first-order valence-electron chi connectivity index (χ1n) is 11.2. The van der Waals surface area contributed by atoms with Crippen molar-refractivity contribution in [1.82, 2.24) is 0 Å². The van der Waals surface area contributed by atoms with E-state index in [1.165, 1.54) is 15.4 Å². The van der Waals surface area contributed by atoms with Gasteiger partial charge in [-0.1, -0.05) is 44.2 Å². The summed E-state index contributed by atoms with van der Waals surface area (Å²) in [5.41, 5.74) is 5.21. The first kappa shape index (κ1) is 23.0. The topological polar surface area (TPSA) is 67.1 Å². The highest BCUT2D eigenvalue weighted by Crippen LogP contribution is 2.19. The van der Waals surface area contributed by atoms with Crippen molar-refractivity contribution in [2.75, 3.05) is 49.9 Å². The maximum atomic E-state index is 12.5. The average molecular weight is 425 g/mol. The van der Waals surface area contributed by atoms with Gasteiger partial charge >= 0.3 is 0 Å². The van der Waals surface area contributed by atoms with Gasteiger partial charge in [0.2, 0.25) is 0 Å². The molecular formula is C25H36N4O2+2. The molecule has 0 aromatic heterocycles. The molecule has 1 aliphatic rings. The average Bonchev–Trinajstić information content (AvgIpc) is 2.72. The van der Waals surface area contributed by atoms with Gasteiger partial charge in [0.1, 0.15) is 26.2 Å². The predicted octanol–water partition coefficient (Wildman–Crippen LogP) is 0.787. The minimum atomic E-state index is 0.0449. The summed E-state index contributed by atoms with van der Waals surface area (Å²) < 4.78 is 0. The minimum absolute atomic E-state index is 0.0449. The van der Waals surface area contributed by atoms with Gasteiger partial charge in [-0.15, -0.1) is 0 Å². The quantitative estimate of drug-likeness (QED) is 0.531. The highest BCUT2D eigenvalue weighted by atomic mass is 16.2. The Kier molecular flexibility index (Phi) is 7.82. The van der Waals surface area contributed by atoms with E-state index in [2.05, 4.69) is 36.6 Å². The van der Waals surface area contributed by atoms with Crippen molar-refractivity contribution in [2.24, 2.45) is 0 Å². The number of hydrogen-bond donors (Lipinski definition) is 4. The number of rotatable bonds is 7. The number of piperazine rings is 1. The van der Waals surface area contributed by atoms with Crippen molar-refractivity contribution in [2.45, 2.75) is 33.6 Å². The van der Waals surface area contributed by atoms with Crippen LogP contribution in [0.5, 0.6) is 0 Å². The molecule has 0 aliphatic carbocycles. The van der Waals surface area contributed by atoms with Crippen molar-refractivity contribution in [1.29, 1.82) is 0 Å². The van der Waals surface area contributed by atoms with E-state index in [1.807, 2.05) is 44.2 Å². The molecule has 2 aromatic carbocycles. The third kappa shape index (κ3) is 6.64. The van der Waals surface area contributed by atoms with E-state index < -0.39 is 0 Å². The van der Waals surface area contributed by atoms with Crippen molar-refractivity contribution in [3.63, 3.8) is 0 Å². The second kappa shape index (κ2) is 10.6. The molecule has 3 rings (SSSR count). The standard InChI is InChI=1S/C25H34N4O2/c1-18(2)21-8-10-22(11-9-21)26-23(30)16-28-12-14-29(15-13-28)17-24(31)27-25-19(3)6-5-7-20(25)4/h5-11,18H,12-17H2,1-4H3,(H,26,30)(H,27,31)/p+2. The zero-order valence-corrected chi connectivity index (χ0v) is 19.2. The molecule has 0 spiro atoms. The largest absolute Gasteiger partial charge is 0.321 e. The summed E-state index contributed by atoms with van der Waals surface area (Å²) in [5.74, 6) is 0.581. The van der Waals surface area contributed by atoms with E-state index in [4.69, 9.17) is 0 Å². The van der Waals surface area contributed by atoms with Crippen LogP contribution >= 0.6 is 0 Å². The number of hydrogen-bond acceptors (Lipinski definition) is 2. The number of carbonyl (C=O) groups is 2. The van der Waals surface area contributed by atoms with Crippen LogP contribution in [-0.4, -0.2) is 51.1 Å². The number of anilines is 2. The van der Waals surface area contributed by atoms with Crippen molar-refractivity contribution >= 4 is 23.2 Å². The second-order valence-electron chi connectivity index (χ2n) is 8.99. The highest BCUT2D eigenvalue weighted by Gasteiger charge is 2.26. The lowest BCUT2D eigenvalue weighted by molar-refractivity contribution is -1.00. The Balaban J connectivity index is 1.41. The lowest BCUT2D eigenvalue weighted by Crippen LogP contribution is -3.28. The lowest BCUT2D eigenvalue weighted by atomic mass is 10.0. The third-order valence-corrected chi connectivity index (χ3v) is 6.09.